The fourth-order valence-corrected chi connectivity index (χ4v) is 1.77. The molecule has 0 aromatic carbocycles. The van der Waals surface area contributed by atoms with Gasteiger partial charge >= 0.3 is 5.97 Å². The Kier molecular flexibility index (Phi) is 4.47. The van der Waals surface area contributed by atoms with E-state index in [1.165, 1.54) is 12.4 Å². The maximum absolute atomic E-state index is 11.8. The van der Waals surface area contributed by atoms with E-state index in [0.717, 1.165) is 0 Å². The summed E-state index contributed by atoms with van der Waals surface area (Å²) in [5.74, 6) is -1.23. The van der Waals surface area contributed by atoms with Crippen molar-refractivity contribution in [1.82, 2.24) is 15.5 Å². The van der Waals surface area contributed by atoms with Gasteiger partial charge in [-0.3, -0.25) is 14.7 Å². The molecule has 1 atom stereocenters. The number of amides is 1. The Bertz CT molecular complexity index is 407. The smallest absolute Gasteiger partial charge is 0.305 e. The zero-order chi connectivity index (χ0) is 13.8. The normalized spacial score (nSPS) is 13.1. The Morgan fingerprint density at radius 1 is 1.50 bits per heavy atom. The lowest BCUT2D eigenvalue weighted by molar-refractivity contribution is -0.137. The third-order valence-corrected chi connectivity index (χ3v) is 2.38. The standard InChI is InChI=1S/C12H19N3O3/c1-12(2,3)5-9(4-10(16)17)15-11(18)8-6-13-14-7-8/h6-7,9H,4-5H2,1-3H3,(H,13,14)(H,15,18)(H,16,17). The van der Waals surface area contributed by atoms with Crippen molar-refractivity contribution < 1.29 is 14.7 Å². The van der Waals surface area contributed by atoms with Crippen molar-refractivity contribution in [2.75, 3.05) is 0 Å². The predicted molar refractivity (Wildman–Crippen MR) is 66.2 cm³/mol. The molecule has 1 aromatic rings. The number of H-pyrrole nitrogens is 1. The first kappa shape index (κ1) is 14.2. The molecule has 18 heavy (non-hydrogen) atoms. The third-order valence-electron chi connectivity index (χ3n) is 2.38. The fourth-order valence-electron chi connectivity index (χ4n) is 1.77. The number of carbonyl (C=O) groups is 2. The molecular formula is C12H19N3O3. The van der Waals surface area contributed by atoms with Gasteiger partial charge in [-0.1, -0.05) is 20.8 Å². The molecule has 0 saturated heterocycles. The fraction of sp³-hybridized carbons (Fsp3) is 0.583. The molecule has 6 nitrogen and oxygen atoms in total. The van der Waals surface area contributed by atoms with Crippen LogP contribution in [0, 0.1) is 5.41 Å². The average molecular weight is 253 g/mol. The number of carboxylic acids is 1. The van der Waals surface area contributed by atoms with Crippen molar-refractivity contribution in [3.63, 3.8) is 0 Å². The Hall–Kier alpha value is -1.85. The number of hydrogen-bond donors (Lipinski definition) is 3. The molecule has 0 aliphatic rings. The molecule has 1 aromatic heterocycles. The van der Waals surface area contributed by atoms with Crippen LogP contribution < -0.4 is 5.32 Å². The van der Waals surface area contributed by atoms with Crippen molar-refractivity contribution in [1.29, 1.82) is 0 Å². The summed E-state index contributed by atoms with van der Waals surface area (Å²) in [5, 5.41) is 17.8. The van der Waals surface area contributed by atoms with Crippen LogP contribution >= 0.6 is 0 Å². The van der Waals surface area contributed by atoms with Crippen LogP contribution in [0.1, 0.15) is 44.0 Å². The van der Waals surface area contributed by atoms with Crippen LogP contribution in [0.15, 0.2) is 12.4 Å². The quantitative estimate of drug-likeness (QED) is 0.739. The SMILES string of the molecule is CC(C)(C)CC(CC(=O)O)NC(=O)c1cn[nH]c1. The van der Waals surface area contributed by atoms with E-state index in [-0.39, 0.29) is 23.8 Å². The molecule has 6 heteroatoms. The van der Waals surface area contributed by atoms with E-state index in [4.69, 9.17) is 5.11 Å². The molecule has 0 bridgehead atoms. The highest BCUT2D eigenvalue weighted by molar-refractivity contribution is 5.94. The van der Waals surface area contributed by atoms with E-state index in [0.29, 0.717) is 12.0 Å². The first-order valence-corrected chi connectivity index (χ1v) is 5.79. The second kappa shape index (κ2) is 5.66. The number of aliphatic carboxylic acids is 1. The van der Waals surface area contributed by atoms with Gasteiger partial charge in [0.25, 0.3) is 5.91 Å². The van der Waals surface area contributed by atoms with Gasteiger partial charge < -0.3 is 10.4 Å². The molecule has 0 aliphatic carbocycles. The predicted octanol–water partition coefficient (Wildman–Crippen LogP) is 1.42. The molecule has 0 spiro atoms. The van der Waals surface area contributed by atoms with E-state index in [9.17, 15) is 9.59 Å². The van der Waals surface area contributed by atoms with Crippen molar-refractivity contribution >= 4 is 11.9 Å². The first-order valence-electron chi connectivity index (χ1n) is 5.79. The zero-order valence-corrected chi connectivity index (χ0v) is 10.9. The highest BCUT2D eigenvalue weighted by atomic mass is 16.4. The highest BCUT2D eigenvalue weighted by Gasteiger charge is 2.23. The molecule has 3 N–H and O–H groups in total. The van der Waals surface area contributed by atoms with Crippen molar-refractivity contribution in [3.8, 4) is 0 Å². The van der Waals surface area contributed by atoms with Crippen molar-refractivity contribution in [3.05, 3.63) is 18.0 Å². The van der Waals surface area contributed by atoms with Crippen LogP contribution in [0.5, 0.6) is 0 Å². The summed E-state index contributed by atoms with van der Waals surface area (Å²) in [6.45, 7) is 6.02. The van der Waals surface area contributed by atoms with E-state index in [2.05, 4.69) is 15.5 Å². The van der Waals surface area contributed by atoms with Crippen LogP contribution in [0.3, 0.4) is 0 Å². The first-order chi connectivity index (χ1) is 8.28. The monoisotopic (exact) mass is 253 g/mol. The highest BCUT2D eigenvalue weighted by Crippen LogP contribution is 2.22. The summed E-state index contributed by atoms with van der Waals surface area (Å²) in [6, 6.07) is -0.384. The minimum atomic E-state index is -0.920. The molecule has 0 radical (unpaired) electrons. The Morgan fingerprint density at radius 2 is 2.17 bits per heavy atom. The van der Waals surface area contributed by atoms with Crippen LogP contribution in [0.4, 0.5) is 0 Å². The molecule has 0 saturated carbocycles. The maximum atomic E-state index is 11.8. The number of nitrogens with zero attached hydrogens (tertiary/aromatic N) is 1. The second-order valence-electron chi connectivity index (χ2n) is 5.52. The summed E-state index contributed by atoms with van der Waals surface area (Å²) in [7, 11) is 0. The Labute approximate surface area is 106 Å². The van der Waals surface area contributed by atoms with Gasteiger partial charge in [0.05, 0.1) is 18.2 Å². The van der Waals surface area contributed by atoms with Crippen LogP contribution in [-0.2, 0) is 4.79 Å². The van der Waals surface area contributed by atoms with Crippen molar-refractivity contribution in [2.24, 2.45) is 5.41 Å². The summed E-state index contributed by atoms with van der Waals surface area (Å²) in [4.78, 5) is 22.6. The molecular weight excluding hydrogens is 234 g/mol. The number of rotatable bonds is 5. The lowest BCUT2D eigenvalue weighted by Gasteiger charge is -2.25. The van der Waals surface area contributed by atoms with Gasteiger partial charge in [0.1, 0.15) is 0 Å². The van der Waals surface area contributed by atoms with Gasteiger partial charge in [-0.05, 0) is 11.8 Å². The number of nitrogens with one attached hydrogen (secondary N) is 2. The lowest BCUT2D eigenvalue weighted by Crippen LogP contribution is -2.38. The van der Waals surface area contributed by atoms with Gasteiger partial charge in [0.15, 0.2) is 0 Å². The van der Waals surface area contributed by atoms with Gasteiger partial charge in [-0.25, -0.2) is 0 Å². The van der Waals surface area contributed by atoms with Crippen molar-refractivity contribution in [2.45, 2.75) is 39.7 Å². The summed E-state index contributed by atoms with van der Waals surface area (Å²) in [6.07, 6.45) is 3.40. The lowest BCUT2D eigenvalue weighted by atomic mass is 9.87. The number of aromatic nitrogens is 2. The molecule has 0 fully saturated rings. The minimum absolute atomic E-state index is 0.0518. The zero-order valence-electron chi connectivity index (χ0n) is 10.9. The molecule has 0 aliphatic heterocycles. The van der Waals surface area contributed by atoms with E-state index in [1.807, 2.05) is 20.8 Å². The number of carboxylic acid groups (broad SMARTS) is 1. The summed E-state index contributed by atoms with van der Waals surface area (Å²) >= 11 is 0. The van der Waals surface area contributed by atoms with Gasteiger partial charge in [-0.2, -0.15) is 5.10 Å². The Balaban J connectivity index is 2.66. The van der Waals surface area contributed by atoms with Gasteiger partial charge in [0, 0.05) is 12.2 Å². The molecule has 1 rings (SSSR count). The van der Waals surface area contributed by atoms with E-state index < -0.39 is 5.97 Å². The minimum Gasteiger partial charge on any atom is -0.481 e. The van der Waals surface area contributed by atoms with Crippen LogP contribution in [0.25, 0.3) is 0 Å². The molecule has 1 amide bonds. The molecule has 1 unspecified atom stereocenters. The number of carbonyl (C=O) groups excluding carboxylic acids is 1. The second-order valence-corrected chi connectivity index (χ2v) is 5.52. The van der Waals surface area contributed by atoms with Gasteiger partial charge in [-0.15, -0.1) is 0 Å². The summed E-state index contributed by atoms with van der Waals surface area (Å²) < 4.78 is 0. The van der Waals surface area contributed by atoms with Crippen LogP contribution in [0.2, 0.25) is 0 Å². The van der Waals surface area contributed by atoms with Gasteiger partial charge in [0.2, 0.25) is 0 Å². The summed E-state index contributed by atoms with van der Waals surface area (Å²) in [5.41, 5.74) is 0.350. The number of hydrogen-bond acceptors (Lipinski definition) is 3. The number of aromatic amines is 1. The van der Waals surface area contributed by atoms with E-state index in [1.54, 1.807) is 0 Å². The molecule has 1 heterocycles. The molecule has 100 valence electrons. The topological polar surface area (TPSA) is 95.1 Å². The third kappa shape index (κ3) is 4.99. The van der Waals surface area contributed by atoms with Crippen LogP contribution in [-0.4, -0.2) is 33.2 Å². The largest absolute Gasteiger partial charge is 0.481 e. The maximum Gasteiger partial charge on any atom is 0.305 e. The Morgan fingerprint density at radius 3 is 2.61 bits per heavy atom. The average Bonchev–Trinajstić information content (AvgIpc) is 2.65. The van der Waals surface area contributed by atoms with E-state index >= 15 is 0 Å².